The molecule has 1 heterocycles. The van der Waals surface area contributed by atoms with E-state index in [2.05, 4.69) is 0 Å². The lowest BCUT2D eigenvalue weighted by molar-refractivity contribution is -0.384. The number of non-ortho nitro benzene ring substituents is 1. The van der Waals surface area contributed by atoms with Crippen LogP contribution < -0.4 is 0 Å². The second-order valence-corrected chi connectivity index (χ2v) is 4.22. The zero-order valence-electron chi connectivity index (χ0n) is 10.5. The third-order valence-corrected chi connectivity index (χ3v) is 2.93. The van der Waals surface area contributed by atoms with Crippen LogP contribution in [0.2, 0.25) is 0 Å². The van der Waals surface area contributed by atoms with E-state index in [4.69, 9.17) is 0 Å². The van der Waals surface area contributed by atoms with E-state index in [0.717, 1.165) is 17.5 Å². The molecule has 0 aliphatic carbocycles. The second-order valence-electron chi connectivity index (χ2n) is 4.22. The minimum absolute atomic E-state index is 0.0865. The summed E-state index contributed by atoms with van der Waals surface area (Å²) in [6.07, 6.45) is 0. The third-order valence-electron chi connectivity index (χ3n) is 2.93. The molecule has 0 aliphatic heterocycles. The SMILES string of the molecule is Cc1ccc(C)n1-c1ccc([N+](=O)[O-])cc1C(=O)O. The summed E-state index contributed by atoms with van der Waals surface area (Å²) in [5.74, 6) is -1.19. The van der Waals surface area contributed by atoms with E-state index >= 15 is 0 Å². The molecule has 0 saturated carbocycles. The molecular weight excluding hydrogens is 248 g/mol. The van der Waals surface area contributed by atoms with Gasteiger partial charge in [0.05, 0.1) is 16.2 Å². The van der Waals surface area contributed by atoms with Crippen LogP contribution in [0.3, 0.4) is 0 Å². The first-order valence-corrected chi connectivity index (χ1v) is 5.59. The van der Waals surface area contributed by atoms with Gasteiger partial charge in [-0.2, -0.15) is 0 Å². The fraction of sp³-hybridized carbons (Fsp3) is 0.154. The molecule has 0 bridgehead atoms. The summed E-state index contributed by atoms with van der Waals surface area (Å²) in [7, 11) is 0. The van der Waals surface area contributed by atoms with Gasteiger partial charge in [0.1, 0.15) is 0 Å². The molecule has 0 unspecified atom stereocenters. The van der Waals surface area contributed by atoms with E-state index < -0.39 is 10.9 Å². The number of carboxylic acid groups (broad SMARTS) is 1. The van der Waals surface area contributed by atoms with Crippen LogP contribution >= 0.6 is 0 Å². The number of aromatic carboxylic acids is 1. The number of nitrogens with zero attached hydrogens (tertiary/aromatic N) is 2. The Hall–Kier alpha value is -2.63. The molecule has 1 aromatic heterocycles. The first kappa shape index (κ1) is 12.8. The summed E-state index contributed by atoms with van der Waals surface area (Å²) in [6.45, 7) is 3.69. The van der Waals surface area contributed by atoms with Gasteiger partial charge < -0.3 is 9.67 Å². The van der Waals surface area contributed by atoms with Crippen LogP contribution in [0, 0.1) is 24.0 Å². The number of carboxylic acids is 1. The molecule has 19 heavy (non-hydrogen) atoms. The van der Waals surface area contributed by atoms with Gasteiger partial charge in [-0.1, -0.05) is 0 Å². The normalized spacial score (nSPS) is 10.4. The van der Waals surface area contributed by atoms with Crippen molar-refractivity contribution in [2.45, 2.75) is 13.8 Å². The Morgan fingerprint density at radius 3 is 2.26 bits per heavy atom. The van der Waals surface area contributed by atoms with Gasteiger partial charge in [-0.15, -0.1) is 0 Å². The van der Waals surface area contributed by atoms with Crippen molar-refractivity contribution in [2.24, 2.45) is 0 Å². The molecule has 0 amide bonds. The van der Waals surface area contributed by atoms with Gasteiger partial charge in [0.2, 0.25) is 0 Å². The molecule has 0 atom stereocenters. The van der Waals surface area contributed by atoms with Crippen molar-refractivity contribution in [1.29, 1.82) is 0 Å². The Labute approximate surface area is 109 Å². The maximum atomic E-state index is 11.3. The Morgan fingerprint density at radius 1 is 1.21 bits per heavy atom. The number of aromatic nitrogens is 1. The Morgan fingerprint density at radius 2 is 1.79 bits per heavy atom. The third kappa shape index (κ3) is 2.20. The van der Waals surface area contributed by atoms with Gasteiger partial charge in [0, 0.05) is 23.5 Å². The molecule has 2 aromatic rings. The minimum atomic E-state index is -1.19. The van der Waals surface area contributed by atoms with Crippen LogP contribution in [-0.2, 0) is 0 Å². The van der Waals surface area contributed by atoms with Crippen molar-refractivity contribution in [3.05, 3.63) is 57.4 Å². The lowest BCUT2D eigenvalue weighted by atomic mass is 10.1. The first-order valence-electron chi connectivity index (χ1n) is 5.59. The summed E-state index contributed by atoms with van der Waals surface area (Å²) in [5, 5.41) is 19.9. The molecule has 98 valence electrons. The number of benzene rings is 1. The standard InChI is InChI=1S/C13H12N2O4/c1-8-3-4-9(2)14(8)12-6-5-10(15(18)19)7-11(12)13(16)17/h3-7H,1-2H3,(H,16,17). The van der Waals surface area contributed by atoms with Gasteiger partial charge in [0.25, 0.3) is 5.69 Å². The van der Waals surface area contributed by atoms with Crippen LogP contribution in [0.5, 0.6) is 0 Å². The fourth-order valence-electron chi connectivity index (χ4n) is 2.05. The quantitative estimate of drug-likeness (QED) is 0.679. The first-order chi connectivity index (χ1) is 8.91. The van der Waals surface area contributed by atoms with Crippen molar-refractivity contribution in [3.8, 4) is 5.69 Å². The van der Waals surface area contributed by atoms with E-state index in [1.54, 1.807) is 4.57 Å². The number of aryl methyl sites for hydroxylation is 2. The molecule has 0 radical (unpaired) electrons. The maximum Gasteiger partial charge on any atom is 0.338 e. The molecule has 0 aliphatic rings. The van der Waals surface area contributed by atoms with E-state index in [0.29, 0.717) is 5.69 Å². The fourth-order valence-corrected chi connectivity index (χ4v) is 2.05. The Kier molecular flexibility index (Phi) is 3.08. The molecule has 0 saturated heterocycles. The number of carbonyl (C=O) groups is 1. The summed E-state index contributed by atoms with van der Waals surface area (Å²) >= 11 is 0. The van der Waals surface area contributed by atoms with Crippen LogP contribution in [0.1, 0.15) is 21.7 Å². The Bertz CT molecular complexity index is 654. The molecule has 1 N–H and O–H groups in total. The topological polar surface area (TPSA) is 85.4 Å². The number of hydrogen-bond donors (Lipinski definition) is 1. The largest absolute Gasteiger partial charge is 0.478 e. The second kappa shape index (κ2) is 4.56. The average molecular weight is 260 g/mol. The smallest absolute Gasteiger partial charge is 0.338 e. The molecular formula is C13H12N2O4. The molecule has 2 rings (SSSR count). The van der Waals surface area contributed by atoms with Gasteiger partial charge in [-0.05, 0) is 32.0 Å². The monoisotopic (exact) mass is 260 g/mol. The lowest BCUT2D eigenvalue weighted by Gasteiger charge is -2.12. The van der Waals surface area contributed by atoms with Crippen molar-refractivity contribution in [2.75, 3.05) is 0 Å². The highest BCUT2D eigenvalue weighted by atomic mass is 16.6. The van der Waals surface area contributed by atoms with Crippen LogP contribution in [0.15, 0.2) is 30.3 Å². The number of nitro groups is 1. The lowest BCUT2D eigenvalue weighted by Crippen LogP contribution is -2.08. The van der Waals surface area contributed by atoms with Crippen molar-refractivity contribution in [1.82, 2.24) is 4.57 Å². The zero-order valence-corrected chi connectivity index (χ0v) is 10.5. The van der Waals surface area contributed by atoms with Gasteiger partial charge in [0.15, 0.2) is 0 Å². The Balaban J connectivity index is 2.71. The molecule has 6 heteroatoms. The van der Waals surface area contributed by atoms with E-state index in [1.165, 1.54) is 12.1 Å². The van der Waals surface area contributed by atoms with Crippen molar-refractivity contribution < 1.29 is 14.8 Å². The number of nitro benzene ring substituents is 1. The summed E-state index contributed by atoms with van der Waals surface area (Å²) < 4.78 is 1.76. The van der Waals surface area contributed by atoms with Crippen molar-refractivity contribution >= 4 is 11.7 Å². The van der Waals surface area contributed by atoms with Gasteiger partial charge >= 0.3 is 5.97 Å². The van der Waals surface area contributed by atoms with Crippen molar-refractivity contribution in [3.63, 3.8) is 0 Å². The average Bonchev–Trinajstić information content (AvgIpc) is 2.68. The summed E-state index contributed by atoms with van der Waals surface area (Å²) in [4.78, 5) is 21.4. The van der Waals surface area contributed by atoms with E-state index in [9.17, 15) is 20.0 Å². The molecule has 0 spiro atoms. The summed E-state index contributed by atoms with van der Waals surface area (Å²) in [5.41, 5.74) is 1.85. The van der Waals surface area contributed by atoms with Gasteiger partial charge in [-0.3, -0.25) is 10.1 Å². The predicted molar refractivity (Wildman–Crippen MR) is 68.9 cm³/mol. The predicted octanol–water partition coefficient (Wildman–Crippen LogP) is 2.70. The maximum absolute atomic E-state index is 11.3. The minimum Gasteiger partial charge on any atom is -0.478 e. The van der Waals surface area contributed by atoms with Crippen LogP contribution in [0.4, 0.5) is 5.69 Å². The highest BCUT2D eigenvalue weighted by molar-refractivity contribution is 5.93. The summed E-state index contributed by atoms with van der Waals surface area (Å²) in [6, 6.07) is 7.57. The van der Waals surface area contributed by atoms with Crippen LogP contribution in [-0.4, -0.2) is 20.6 Å². The van der Waals surface area contributed by atoms with E-state index in [-0.39, 0.29) is 11.3 Å². The van der Waals surface area contributed by atoms with Gasteiger partial charge in [-0.25, -0.2) is 4.79 Å². The highest BCUT2D eigenvalue weighted by Gasteiger charge is 2.18. The number of hydrogen-bond acceptors (Lipinski definition) is 3. The van der Waals surface area contributed by atoms with Crippen LogP contribution in [0.25, 0.3) is 5.69 Å². The highest BCUT2D eigenvalue weighted by Crippen LogP contribution is 2.24. The zero-order chi connectivity index (χ0) is 14.2. The number of rotatable bonds is 3. The molecule has 0 fully saturated rings. The van der Waals surface area contributed by atoms with E-state index in [1.807, 2.05) is 26.0 Å². The molecule has 6 nitrogen and oxygen atoms in total. The molecule has 1 aromatic carbocycles.